The number of rotatable bonds is 8. The minimum atomic E-state index is -0.0355. The first-order valence-electron chi connectivity index (χ1n) is 6.08. The fourth-order valence-electron chi connectivity index (χ4n) is 1.38. The summed E-state index contributed by atoms with van der Waals surface area (Å²) in [4.78, 5) is 11.4. The number of nitrogens with one attached hydrogen (secondary N) is 1. The highest BCUT2D eigenvalue weighted by Crippen LogP contribution is 2.17. The summed E-state index contributed by atoms with van der Waals surface area (Å²) >= 11 is 1.46. The van der Waals surface area contributed by atoms with E-state index in [1.807, 2.05) is 0 Å². The molecule has 1 rings (SSSR count). The van der Waals surface area contributed by atoms with Gasteiger partial charge in [0.2, 0.25) is 11.0 Å². The van der Waals surface area contributed by atoms with Crippen LogP contribution in [0.4, 0.5) is 5.13 Å². The molecule has 1 aromatic rings. The second-order valence-electron chi connectivity index (χ2n) is 3.90. The van der Waals surface area contributed by atoms with Crippen LogP contribution < -0.4 is 11.1 Å². The van der Waals surface area contributed by atoms with Crippen molar-refractivity contribution in [1.82, 2.24) is 10.2 Å². The van der Waals surface area contributed by atoms with E-state index in [4.69, 9.17) is 5.73 Å². The number of amides is 1. The standard InChI is InChI=1S/C11H20N4OS/c1-2-3-4-7-10-14-15-11(17-10)13-9(16)6-5-8-12/h2-8,12H2,1H3,(H,13,15,16). The van der Waals surface area contributed by atoms with Crippen LogP contribution in [0, 0.1) is 0 Å². The van der Waals surface area contributed by atoms with Crippen molar-refractivity contribution in [2.75, 3.05) is 11.9 Å². The summed E-state index contributed by atoms with van der Waals surface area (Å²) < 4.78 is 0. The van der Waals surface area contributed by atoms with Gasteiger partial charge in [0.25, 0.3) is 0 Å². The second kappa shape index (κ2) is 8.14. The van der Waals surface area contributed by atoms with Crippen LogP contribution in [0.1, 0.15) is 44.0 Å². The predicted octanol–water partition coefficient (Wildman–Crippen LogP) is 1.95. The fraction of sp³-hybridized carbons (Fsp3) is 0.727. The SMILES string of the molecule is CCCCCc1nnc(NC(=O)CCCN)s1. The van der Waals surface area contributed by atoms with Crippen molar-refractivity contribution in [2.24, 2.45) is 5.73 Å². The van der Waals surface area contributed by atoms with Gasteiger partial charge in [-0.3, -0.25) is 4.79 Å². The molecule has 0 unspecified atom stereocenters. The summed E-state index contributed by atoms with van der Waals surface area (Å²) in [5.74, 6) is -0.0355. The van der Waals surface area contributed by atoms with E-state index in [2.05, 4.69) is 22.4 Å². The van der Waals surface area contributed by atoms with Crippen molar-refractivity contribution in [2.45, 2.75) is 45.4 Å². The molecule has 5 nitrogen and oxygen atoms in total. The summed E-state index contributed by atoms with van der Waals surface area (Å²) in [6.07, 6.45) is 5.63. The van der Waals surface area contributed by atoms with Gasteiger partial charge in [-0.2, -0.15) is 0 Å². The molecule has 1 amide bonds. The lowest BCUT2D eigenvalue weighted by molar-refractivity contribution is -0.116. The summed E-state index contributed by atoms with van der Waals surface area (Å²) in [5.41, 5.74) is 5.34. The minimum absolute atomic E-state index is 0.0355. The monoisotopic (exact) mass is 256 g/mol. The van der Waals surface area contributed by atoms with E-state index in [0.717, 1.165) is 17.8 Å². The van der Waals surface area contributed by atoms with E-state index in [9.17, 15) is 4.79 Å². The molecule has 0 fully saturated rings. The lowest BCUT2D eigenvalue weighted by atomic mass is 10.2. The minimum Gasteiger partial charge on any atom is -0.330 e. The Bertz CT molecular complexity index is 340. The smallest absolute Gasteiger partial charge is 0.226 e. The summed E-state index contributed by atoms with van der Waals surface area (Å²) in [5, 5.41) is 12.3. The highest BCUT2D eigenvalue weighted by atomic mass is 32.1. The van der Waals surface area contributed by atoms with Crippen molar-refractivity contribution in [3.63, 3.8) is 0 Å². The molecule has 6 heteroatoms. The molecule has 0 aliphatic heterocycles. The van der Waals surface area contributed by atoms with E-state index in [1.165, 1.54) is 24.2 Å². The molecule has 0 spiro atoms. The Morgan fingerprint density at radius 1 is 1.35 bits per heavy atom. The number of nitrogens with two attached hydrogens (primary N) is 1. The van der Waals surface area contributed by atoms with E-state index >= 15 is 0 Å². The maximum atomic E-state index is 11.4. The molecule has 0 atom stereocenters. The van der Waals surface area contributed by atoms with Gasteiger partial charge < -0.3 is 11.1 Å². The Balaban J connectivity index is 2.32. The Morgan fingerprint density at radius 3 is 2.88 bits per heavy atom. The normalized spacial score (nSPS) is 10.5. The Hall–Kier alpha value is -1.01. The molecular weight excluding hydrogens is 236 g/mol. The Kier molecular flexibility index (Phi) is 6.73. The number of aryl methyl sites for hydroxylation is 1. The summed E-state index contributed by atoms with van der Waals surface area (Å²) in [6.45, 7) is 2.70. The summed E-state index contributed by atoms with van der Waals surface area (Å²) in [6, 6.07) is 0. The number of hydrogen-bond acceptors (Lipinski definition) is 5. The number of carbonyl (C=O) groups excluding carboxylic acids is 1. The third-order valence-electron chi connectivity index (χ3n) is 2.32. The zero-order valence-electron chi connectivity index (χ0n) is 10.2. The molecule has 0 radical (unpaired) electrons. The molecule has 0 saturated heterocycles. The lowest BCUT2D eigenvalue weighted by Crippen LogP contribution is -2.13. The van der Waals surface area contributed by atoms with Gasteiger partial charge in [0.15, 0.2) is 0 Å². The molecule has 1 aromatic heterocycles. The van der Waals surface area contributed by atoms with Gasteiger partial charge in [0.1, 0.15) is 5.01 Å². The molecule has 3 N–H and O–H groups in total. The van der Waals surface area contributed by atoms with Crippen LogP contribution in [-0.2, 0) is 11.2 Å². The van der Waals surface area contributed by atoms with Gasteiger partial charge in [0.05, 0.1) is 0 Å². The summed E-state index contributed by atoms with van der Waals surface area (Å²) in [7, 11) is 0. The molecule has 0 aliphatic carbocycles. The van der Waals surface area contributed by atoms with Crippen molar-refractivity contribution in [1.29, 1.82) is 0 Å². The van der Waals surface area contributed by atoms with Crippen LogP contribution in [0.3, 0.4) is 0 Å². The Labute approximate surface area is 106 Å². The molecule has 96 valence electrons. The third-order valence-corrected chi connectivity index (χ3v) is 3.21. The molecule has 0 aliphatic rings. The van der Waals surface area contributed by atoms with E-state index in [1.54, 1.807) is 0 Å². The quantitative estimate of drug-likeness (QED) is 0.697. The third kappa shape index (κ3) is 5.74. The number of unbranched alkanes of at least 4 members (excludes halogenated alkanes) is 2. The maximum absolute atomic E-state index is 11.4. The number of nitrogens with zero attached hydrogens (tertiary/aromatic N) is 2. The van der Waals surface area contributed by atoms with Gasteiger partial charge >= 0.3 is 0 Å². The van der Waals surface area contributed by atoms with Crippen LogP contribution in [0.25, 0.3) is 0 Å². The maximum Gasteiger partial charge on any atom is 0.226 e. The van der Waals surface area contributed by atoms with E-state index < -0.39 is 0 Å². The largest absolute Gasteiger partial charge is 0.330 e. The number of carbonyl (C=O) groups is 1. The van der Waals surface area contributed by atoms with E-state index in [0.29, 0.717) is 24.5 Å². The predicted molar refractivity (Wildman–Crippen MR) is 70.1 cm³/mol. The fourth-order valence-corrected chi connectivity index (χ4v) is 2.17. The molecule has 1 heterocycles. The molecule has 0 aromatic carbocycles. The number of anilines is 1. The molecule has 0 saturated carbocycles. The van der Waals surface area contributed by atoms with Gasteiger partial charge in [-0.15, -0.1) is 10.2 Å². The highest BCUT2D eigenvalue weighted by Gasteiger charge is 2.07. The van der Waals surface area contributed by atoms with Crippen molar-refractivity contribution < 1.29 is 4.79 Å². The first-order valence-corrected chi connectivity index (χ1v) is 6.90. The van der Waals surface area contributed by atoms with Gasteiger partial charge in [-0.25, -0.2) is 0 Å². The first-order chi connectivity index (χ1) is 8.26. The van der Waals surface area contributed by atoms with E-state index in [-0.39, 0.29) is 5.91 Å². The second-order valence-corrected chi connectivity index (χ2v) is 4.96. The van der Waals surface area contributed by atoms with Gasteiger partial charge in [0, 0.05) is 12.8 Å². The Morgan fingerprint density at radius 2 is 2.18 bits per heavy atom. The first kappa shape index (κ1) is 14.1. The zero-order valence-corrected chi connectivity index (χ0v) is 11.1. The number of aromatic nitrogens is 2. The zero-order chi connectivity index (χ0) is 12.5. The van der Waals surface area contributed by atoms with Gasteiger partial charge in [-0.1, -0.05) is 31.1 Å². The molecule has 0 bridgehead atoms. The lowest BCUT2D eigenvalue weighted by Gasteiger charge is -1.98. The topological polar surface area (TPSA) is 80.9 Å². The number of hydrogen-bond donors (Lipinski definition) is 2. The van der Waals surface area contributed by atoms with Crippen LogP contribution in [0.5, 0.6) is 0 Å². The van der Waals surface area contributed by atoms with Crippen molar-refractivity contribution in [3.8, 4) is 0 Å². The van der Waals surface area contributed by atoms with Gasteiger partial charge in [-0.05, 0) is 19.4 Å². The van der Waals surface area contributed by atoms with Crippen molar-refractivity contribution >= 4 is 22.4 Å². The average Bonchev–Trinajstić information content (AvgIpc) is 2.74. The molecule has 17 heavy (non-hydrogen) atoms. The van der Waals surface area contributed by atoms with Crippen LogP contribution >= 0.6 is 11.3 Å². The van der Waals surface area contributed by atoms with Crippen molar-refractivity contribution in [3.05, 3.63) is 5.01 Å². The van der Waals surface area contributed by atoms with Crippen LogP contribution in [0.2, 0.25) is 0 Å². The average molecular weight is 256 g/mol. The van der Waals surface area contributed by atoms with Crippen LogP contribution in [-0.4, -0.2) is 22.6 Å². The molecular formula is C11H20N4OS. The highest BCUT2D eigenvalue weighted by molar-refractivity contribution is 7.15. The van der Waals surface area contributed by atoms with Crippen LogP contribution in [0.15, 0.2) is 0 Å².